The summed E-state index contributed by atoms with van der Waals surface area (Å²) in [6.07, 6.45) is 6.68. The van der Waals surface area contributed by atoms with Crippen LogP contribution in [0.3, 0.4) is 0 Å². The molecule has 1 rings (SSSR count). The number of rotatable bonds is 9. The monoisotopic (exact) mass is 252 g/mol. The highest BCUT2D eigenvalue weighted by Crippen LogP contribution is 2.04. The second-order valence-corrected chi connectivity index (χ2v) is 4.45. The lowest BCUT2D eigenvalue weighted by molar-refractivity contribution is 0.270. The number of aliphatic hydroxyl groups is 1. The molecule has 0 aromatic carbocycles. The molecule has 2 N–H and O–H groups in total. The normalized spacial score (nSPS) is 10.9. The van der Waals surface area contributed by atoms with E-state index in [2.05, 4.69) is 27.2 Å². The summed E-state index contributed by atoms with van der Waals surface area (Å²) >= 11 is 0. The fraction of sp³-hybridized carbons (Fsp3) is 0.692. The third kappa shape index (κ3) is 5.93. The first-order valence-electron chi connectivity index (χ1n) is 6.60. The standard InChI is InChI=1S/C13H24N4O/c1-3-14-13-10-15-12(9-16-13)11-17(2)7-5-4-6-8-18/h9-10,18H,3-8,11H2,1-2H3,(H,14,16). The average molecular weight is 252 g/mol. The molecular weight excluding hydrogens is 228 g/mol. The SMILES string of the molecule is CCNc1cnc(CN(C)CCCCCO)cn1. The molecule has 1 aromatic heterocycles. The molecule has 18 heavy (non-hydrogen) atoms. The Morgan fingerprint density at radius 1 is 1.22 bits per heavy atom. The highest BCUT2D eigenvalue weighted by molar-refractivity contribution is 5.30. The molecular formula is C13H24N4O. The van der Waals surface area contributed by atoms with Crippen LogP contribution in [0.5, 0.6) is 0 Å². The van der Waals surface area contributed by atoms with Crippen LogP contribution < -0.4 is 5.32 Å². The van der Waals surface area contributed by atoms with Crippen LogP contribution >= 0.6 is 0 Å². The molecule has 1 heterocycles. The number of nitrogens with one attached hydrogen (secondary N) is 1. The number of unbranched alkanes of at least 4 members (excludes halogenated alkanes) is 2. The first-order valence-corrected chi connectivity index (χ1v) is 6.60. The van der Waals surface area contributed by atoms with Gasteiger partial charge in [0.25, 0.3) is 0 Å². The van der Waals surface area contributed by atoms with E-state index in [1.807, 2.05) is 13.1 Å². The van der Waals surface area contributed by atoms with Crippen LogP contribution in [0.2, 0.25) is 0 Å². The topological polar surface area (TPSA) is 61.3 Å². The van der Waals surface area contributed by atoms with Crippen molar-refractivity contribution in [1.82, 2.24) is 14.9 Å². The van der Waals surface area contributed by atoms with Crippen molar-refractivity contribution in [3.63, 3.8) is 0 Å². The summed E-state index contributed by atoms with van der Waals surface area (Å²) < 4.78 is 0. The molecule has 0 fully saturated rings. The van der Waals surface area contributed by atoms with E-state index in [1.54, 1.807) is 6.20 Å². The maximum absolute atomic E-state index is 8.70. The van der Waals surface area contributed by atoms with E-state index in [4.69, 9.17) is 5.11 Å². The van der Waals surface area contributed by atoms with Crippen molar-refractivity contribution in [3.8, 4) is 0 Å². The second-order valence-electron chi connectivity index (χ2n) is 4.45. The van der Waals surface area contributed by atoms with Crippen molar-refractivity contribution in [2.75, 3.05) is 32.1 Å². The second kappa shape index (κ2) is 8.83. The molecule has 0 radical (unpaired) electrons. The van der Waals surface area contributed by atoms with Crippen LogP contribution in [-0.4, -0.2) is 46.7 Å². The number of aromatic nitrogens is 2. The van der Waals surface area contributed by atoms with Crippen LogP contribution in [0.4, 0.5) is 5.82 Å². The smallest absolute Gasteiger partial charge is 0.144 e. The Morgan fingerprint density at radius 2 is 2.06 bits per heavy atom. The molecule has 5 heteroatoms. The van der Waals surface area contributed by atoms with Crippen molar-refractivity contribution < 1.29 is 5.11 Å². The zero-order valence-corrected chi connectivity index (χ0v) is 11.4. The van der Waals surface area contributed by atoms with Gasteiger partial charge in [0, 0.05) is 19.7 Å². The van der Waals surface area contributed by atoms with Crippen LogP contribution in [0, 0.1) is 0 Å². The van der Waals surface area contributed by atoms with E-state index >= 15 is 0 Å². The minimum absolute atomic E-state index is 0.293. The van der Waals surface area contributed by atoms with Gasteiger partial charge in [-0.2, -0.15) is 0 Å². The van der Waals surface area contributed by atoms with Crippen LogP contribution in [0.15, 0.2) is 12.4 Å². The molecule has 1 aromatic rings. The van der Waals surface area contributed by atoms with Crippen LogP contribution in [0.1, 0.15) is 31.9 Å². The van der Waals surface area contributed by atoms with Gasteiger partial charge in [-0.3, -0.25) is 4.98 Å². The van der Waals surface area contributed by atoms with Gasteiger partial charge < -0.3 is 15.3 Å². The Labute approximate surface area is 109 Å². The summed E-state index contributed by atoms with van der Waals surface area (Å²) in [5.41, 5.74) is 0.987. The minimum Gasteiger partial charge on any atom is -0.396 e. The van der Waals surface area contributed by atoms with Gasteiger partial charge in [0.2, 0.25) is 0 Å². The maximum Gasteiger partial charge on any atom is 0.144 e. The zero-order valence-electron chi connectivity index (χ0n) is 11.4. The number of nitrogens with zero attached hydrogens (tertiary/aromatic N) is 3. The molecule has 0 spiro atoms. The summed E-state index contributed by atoms with van der Waals surface area (Å²) in [4.78, 5) is 10.9. The number of anilines is 1. The largest absolute Gasteiger partial charge is 0.396 e. The van der Waals surface area contributed by atoms with Gasteiger partial charge in [0.15, 0.2) is 0 Å². The van der Waals surface area contributed by atoms with Gasteiger partial charge in [0.1, 0.15) is 5.82 Å². The first kappa shape index (κ1) is 14.9. The van der Waals surface area contributed by atoms with Gasteiger partial charge >= 0.3 is 0 Å². The highest BCUT2D eigenvalue weighted by atomic mass is 16.2. The Hall–Kier alpha value is -1.20. The molecule has 0 aliphatic rings. The molecule has 5 nitrogen and oxygen atoms in total. The van der Waals surface area contributed by atoms with Crippen molar-refractivity contribution in [1.29, 1.82) is 0 Å². The molecule has 0 saturated heterocycles. The van der Waals surface area contributed by atoms with Crippen molar-refractivity contribution in [2.24, 2.45) is 0 Å². The summed E-state index contributed by atoms with van der Waals surface area (Å²) in [5.74, 6) is 0.826. The number of hydrogen-bond acceptors (Lipinski definition) is 5. The fourth-order valence-electron chi connectivity index (χ4n) is 1.73. The third-order valence-electron chi connectivity index (χ3n) is 2.69. The summed E-state index contributed by atoms with van der Waals surface area (Å²) in [5, 5.41) is 11.8. The van der Waals surface area contributed by atoms with E-state index in [1.165, 1.54) is 0 Å². The fourth-order valence-corrected chi connectivity index (χ4v) is 1.73. The molecule has 0 amide bonds. The van der Waals surface area contributed by atoms with Gasteiger partial charge in [0.05, 0.1) is 18.1 Å². The summed E-state index contributed by atoms with van der Waals surface area (Å²) in [6, 6.07) is 0. The summed E-state index contributed by atoms with van der Waals surface area (Å²) in [6.45, 7) is 5.03. The minimum atomic E-state index is 0.293. The number of hydrogen-bond donors (Lipinski definition) is 2. The van der Waals surface area contributed by atoms with Gasteiger partial charge in [-0.25, -0.2) is 4.98 Å². The van der Waals surface area contributed by atoms with Crippen molar-refractivity contribution >= 4 is 5.82 Å². The highest BCUT2D eigenvalue weighted by Gasteiger charge is 2.02. The average Bonchev–Trinajstić information content (AvgIpc) is 2.37. The van der Waals surface area contributed by atoms with Gasteiger partial charge in [-0.05, 0) is 39.8 Å². The lowest BCUT2D eigenvalue weighted by Gasteiger charge is -2.15. The van der Waals surface area contributed by atoms with Crippen molar-refractivity contribution in [3.05, 3.63) is 18.1 Å². The molecule has 0 aliphatic carbocycles. The van der Waals surface area contributed by atoms with E-state index in [9.17, 15) is 0 Å². The Kier molecular flexibility index (Phi) is 7.29. The van der Waals surface area contributed by atoms with E-state index in [0.717, 1.165) is 50.4 Å². The lowest BCUT2D eigenvalue weighted by Crippen LogP contribution is -2.20. The van der Waals surface area contributed by atoms with E-state index in [0.29, 0.717) is 6.61 Å². The van der Waals surface area contributed by atoms with Gasteiger partial charge in [-0.1, -0.05) is 0 Å². The Balaban J connectivity index is 2.28. The number of aliphatic hydroxyl groups excluding tert-OH is 1. The first-order chi connectivity index (χ1) is 8.76. The molecule has 0 saturated carbocycles. The zero-order chi connectivity index (χ0) is 13.2. The third-order valence-corrected chi connectivity index (χ3v) is 2.69. The van der Waals surface area contributed by atoms with Gasteiger partial charge in [-0.15, -0.1) is 0 Å². The molecule has 0 unspecified atom stereocenters. The molecule has 0 bridgehead atoms. The molecule has 0 aliphatic heterocycles. The van der Waals surface area contributed by atoms with E-state index < -0.39 is 0 Å². The Morgan fingerprint density at radius 3 is 2.67 bits per heavy atom. The van der Waals surface area contributed by atoms with Crippen LogP contribution in [-0.2, 0) is 6.54 Å². The predicted molar refractivity (Wildman–Crippen MR) is 73.5 cm³/mol. The quantitative estimate of drug-likeness (QED) is 0.652. The molecule has 102 valence electrons. The Bertz CT molecular complexity index is 315. The maximum atomic E-state index is 8.70. The van der Waals surface area contributed by atoms with Crippen molar-refractivity contribution in [2.45, 2.75) is 32.7 Å². The van der Waals surface area contributed by atoms with Crippen LogP contribution in [0.25, 0.3) is 0 Å². The summed E-state index contributed by atoms with van der Waals surface area (Å²) in [7, 11) is 2.08. The van der Waals surface area contributed by atoms with E-state index in [-0.39, 0.29) is 0 Å². The predicted octanol–water partition coefficient (Wildman–Crippen LogP) is 1.50. The lowest BCUT2D eigenvalue weighted by atomic mass is 10.2. The molecule has 0 atom stereocenters.